The van der Waals surface area contributed by atoms with Gasteiger partial charge in [-0.1, -0.05) is 29.4 Å². The van der Waals surface area contributed by atoms with Crippen molar-refractivity contribution in [2.75, 3.05) is 0 Å². The zero-order valence-electron chi connectivity index (χ0n) is 6.36. The van der Waals surface area contributed by atoms with Crippen molar-refractivity contribution in [3.05, 3.63) is 35.4 Å². The van der Waals surface area contributed by atoms with E-state index >= 15 is 0 Å². The molecule has 0 saturated carbocycles. The smallest absolute Gasteiger partial charge is 0.122 e. The van der Waals surface area contributed by atoms with Crippen molar-refractivity contribution in [1.29, 1.82) is 5.41 Å². The third kappa shape index (κ3) is 1.82. The predicted octanol–water partition coefficient (Wildman–Crippen LogP) is 0.779. The Balaban J connectivity index is 2.93. The highest BCUT2D eigenvalue weighted by Gasteiger charge is 1.94. The Labute approximate surface area is 69.8 Å². The Kier molecular flexibility index (Phi) is 2.42. The first-order valence-electron chi connectivity index (χ1n) is 3.36. The summed E-state index contributed by atoms with van der Waals surface area (Å²) < 4.78 is 0. The van der Waals surface area contributed by atoms with Gasteiger partial charge < -0.3 is 10.9 Å². The number of benzene rings is 1. The van der Waals surface area contributed by atoms with E-state index in [1.165, 1.54) is 6.21 Å². The number of amidine groups is 1. The van der Waals surface area contributed by atoms with Gasteiger partial charge in [-0.15, -0.1) is 0 Å². The van der Waals surface area contributed by atoms with E-state index in [1.54, 1.807) is 24.3 Å². The minimum Gasteiger partial charge on any atom is -0.411 e. The van der Waals surface area contributed by atoms with Gasteiger partial charge in [-0.3, -0.25) is 5.41 Å². The maximum Gasteiger partial charge on any atom is 0.122 e. The molecule has 4 nitrogen and oxygen atoms in total. The number of nitrogens with two attached hydrogens (primary N) is 1. The lowest BCUT2D eigenvalue weighted by Gasteiger charge is -1.96. The molecule has 0 radical (unpaired) electrons. The molecule has 0 amide bonds. The van der Waals surface area contributed by atoms with Crippen LogP contribution in [-0.4, -0.2) is 17.3 Å². The van der Waals surface area contributed by atoms with Gasteiger partial charge in [0.05, 0.1) is 6.21 Å². The van der Waals surface area contributed by atoms with E-state index in [4.69, 9.17) is 16.4 Å². The highest BCUT2D eigenvalue weighted by molar-refractivity contribution is 5.95. The molecule has 0 unspecified atom stereocenters. The molecular formula is C8H9N3O. The average molecular weight is 163 g/mol. The summed E-state index contributed by atoms with van der Waals surface area (Å²) in [6.07, 6.45) is 1.31. The SMILES string of the molecule is N=C(N)c1ccc(/C=N\O)cc1. The van der Waals surface area contributed by atoms with Gasteiger partial charge in [0.2, 0.25) is 0 Å². The van der Waals surface area contributed by atoms with Gasteiger partial charge in [0.15, 0.2) is 0 Å². The van der Waals surface area contributed by atoms with Gasteiger partial charge in [0.25, 0.3) is 0 Å². The number of nitrogen functional groups attached to an aromatic ring is 1. The first-order valence-corrected chi connectivity index (χ1v) is 3.36. The number of hydrogen-bond acceptors (Lipinski definition) is 3. The van der Waals surface area contributed by atoms with Crippen molar-refractivity contribution >= 4 is 12.1 Å². The summed E-state index contributed by atoms with van der Waals surface area (Å²) in [5.74, 6) is 0.0301. The lowest BCUT2D eigenvalue weighted by Crippen LogP contribution is -2.10. The molecule has 0 atom stereocenters. The van der Waals surface area contributed by atoms with Crippen molar-refractivity contribution in [3.63, 3.8) is 0 Å². The first kappa shape index (κ1) is 8.26. The summed E-state index contributed by atoms with van der Waals surface area (Å²) in [5, 5.41) is 18.2. The molecular weight excluding hydrogens is 154 g/mol. The van der Waals surface area contributed by atoms with E-state index < -0.39 is 0 Å². The van der Waals surface area contributed by atoms with Gasteiger partial charge in [-0.25, -0.2) is 0 Å². The largest absolute Gasteiger partial charge is 0.411 e. The zero-order chi connectivity index (χ0) is 8.97. The monoisotopic (exact) mass is 163 g/mol. The third-order valence-corrected chi connectivity index (χ3v) is 1.43. The molecule has 62 valence electrons. The molecule has 0 aliphatic rings. The lowest BCUT2D eigenvalue weighted by molar-refractivity contribution is 0.322. The van der Waals surface area contributed by atoms with E-state index in [-0.39, 0.29) is 5.84 Å². The van der Waals surface area contributed by atoms with Crippen molar-refractivity contribution in [1.82, 2.24) is 0 Å². The van der Waals surface area contributed by atoms with E-state index in [9.17, 15) is 0 Å². The van der Waals surface area contributed by atoms with E-state index in [0.29, 0.717) is 5.56 Å². The second-order valence-corrected chi connectivity index (χ2v) is 2.28. The Bertz CT molecular complexity index is 303. The van der Waals surface area contributed by atoms with Gasteiger partial charge in [-0.05, 0) is 5.56 Å². The third-order valence-electron chi connectivity index (χ3n) is 1.43. The van der Waals surface area contributed by atoms with E-state index in [2.05, 4.69) is 5.16 Å². The minimum absolute atomic E-state index is 0.0301. The summed E-state index contributed by atoms with van der Waals surface area (Å²) in [4.78, 5) is 0. The van der Waals surface area contributed by atoms with Gasteiger partial charge in [-0.2, -0.15) is 0 Å². The molecule has 4 heteroatoms. The van der Waals surface area contributed by atoms with Crippen LogP contribution < -0.4 is 5.73 Å². The number of rotatable bonds is 2. The quantitative estimate of drug-likeness (QED) is 0.260. The zero-order valence-corrected chi connectivity index (χ0v) is 6.36. The molecule has 4 N–H and O–H groups in total. The van der Waals surface area contributed by atoms with Crippen LogP contribution >= 0.6 is 0 Å². The molecule has 0 heterocycles. The highest BCUT2D eigenvalue weighted by Crippen LogP contribution is 2.00. The van der Waals surface area contributed by atoms with Crippen molar-refractivity contribution < 1.29 is 5.21 Å². The molecule has 0 fully saturated rings. The topological polar surface area (TPSA) is 82.5 Å². The summed E-state index contributed by atoms with van der Waals surface area (Å²) in [6.45, 7) is 0. The molecule has 0 aliphatic carbocycles. The Hall–Kier alpha value is -1.84. The van der Waals surface area contributed by atoms with Crippen LogP contribution in [-0.2, 0) is 0 Å². The van der Waals surface area contributed by atoms with E-state index in [0.717, 1.165) is 5.56 Å². The standard InChI is InChI=1S/C8H9N3O/c9-8(10)7-3-1-6(2-4-7)5-11-12/h1-5,12H,(H3,9,10)/b11-5-. The van der Waals surface area contributed by atoms with Crippen molar-refractivity contribution in [2.24, 2.45) is 10.9 Å². The average Bonchev–Trinajstić information content (AvgIpc) is 2.06. The Morgan fingerprint density at radius 1 is 1.42 bits per heavy atom. The summed E-state index contributed by atoms with van der Waals surface area (Å²) >= 11 is 0. The minimum atomic E-state index is 0.0301. The van der Waals surface area contributed by atoms with Crippen LogP contribution in [0.25, 0.3) is 0 Å². The van der Waals surface area contributed by atoms with Crippen LogP contribution in [0.4, 0.5) is 0 Å². The number of nitrogens with zero attached hydrogens (tertiary/aromatic N) is 1. The van der Waals surface area contributed by atoms with Crippen LogP contribution in [0.3, 0.4) is 0 Å². The number of nitrogens with one attached hydrogen (secondary N) is 1. The van der Waals surface area contributed by atoms with Crippen LogP contribution in [0.2, 0.25) is 0 Å². The molecule has 1 rings (SSSR count). The van der Waals surface area contributed by atoms with Crippen LogP contribution in [0.1, 0.15) is 11.1 Å². The molecule has 1 aromatic carbocycles. The van der Waals surface area contributed by atoms with Crippen molar-refractivity contribution in [3.8, 4) is 0 Å². The maximum absolute atomic E-state index is 8.20. The maximum atomic E-state index is 8.20. The molecule has 0 aromatic heterocycles. The predicted molar refractivity (Wildman–Crippen MR) is 46.8 cm³/mol. The fourth-order valence-corrected chi connectivity index (χ4v) is 0.815. The molecule has 0 spiro atoms. The second-order valence-electron chi connectivity index (χ2n) is 2.28. The molecule has 0 aliphatic heterocycles. The van der Waals surface area contributed by atoms with Crippen LogP contribution in [0, 0.1) is 5.41 Å². The summed E-state index contributed by atoms with van der Waals surface area (Å²) in [7, 11) is 0. The summed E-state index contributed by atoms with van der Waals surface area (Å²) in [6, 6.07) is 6.82. The Morgan fingerprint density at radius 2 is 2.00 bits per heavy atom. The van der Waals surface area contributed by atoms with Gasteiger partial charge in [0.1, 0.15) is 5.84 Å². The lowest BCUT2D eigenvalue weighted by atomic mass is 10.1. The molecule has 12 heavy (non-hydrogen) atoms. The van der Waals surface area contributed by atoms with Gasteiger partial charge in [0, 0.05) is 5.56 Å². The normalized spacial score (nSPS) is 10.3. The number of oxime groups is 1. The Morgan fingerprint density at radius 3 is 2.42 bits per heavy atom. The van der Waals surface area contributed by atoms with Crippen LogP contribution in [0.15, 0.2) is 29.4 Å². The first-order chi connectivity index (χ1) is 5.74. The van der Waals surface area contributed by atoms with Crippen molar-refractivity contribution in [2.45, 2.75) is 0 Å². The number of hydrogen-bond donors (Lipinski definition) is 3. The fourth-order valence-electron chi connectivity index (χ4n) is 0.815. The highest BCUT2D eigenvalue weighted by atomic mass is 16.4. The molecule has 1 aromatic rings. The van der Waals surface area contributed by atoms with Gasteiger partial charge >= 0.3 is 0 Å². The second kappa shape index (κ2) is 3.52. The van der Waals surface area contributed by atoms with Crippen LogP contribution in [0.5, 0.6) is 0 Å². The van der Waals surface area contributed by atoms with E-state index in [1.807, 2.05) is 0 Å². The molecule has 0 bridgehead atoms. The fraction of sp³-hybridized carbons (Fsp3) is 0. The molecule has 0 saturated heterocycles. The summed E-state index contributed by atoms with van der Waals surface area (Å²) in [5.41, 5.74) is 6.66.